The number of aromatic nitrogens is 4. The van der Waals surface area contributed by atoms with E-state index in [1.165, 1.54) is 0 Å². The van der Waals surface area contributed by atoms with Crippen LogP contribution in [-0.2, 0) is 10.3 Å². The first-order valence-corrected chi connectivity index (χ1v) is 9.55. The van der Waals surface area contributed by atoms with E-state index < -0.39 is 23.7 Å². The molecule has 0 bridgehead atoms. The van der Waals surface area contributed by atoms with Crippen molar-refractivity contribution in [2.75, 3.05) is 6.54 Å². The number of para-hydroxylation sites is 1. The van der Waals surface area contributed by atoms with E-state index in [0.29, 0.717) is 12.4 Å². The van der Waals surface area contributed by atoms with E-state index in [9.17, 15) is 15.0 Å². The van der Waals surface area contributed by atoms with Crippen molar-refractivity contribution in [2.24, 2.45) is 0 Å². The van der Waals surface area contributed by atoms with Crippen LogP contribution in [0.2, 0.25) is 0 Å². The van der Waals surface area contributed by atoms with Gasteiger partial charge in [0.05, 0.1) is 17.3 Å². The normalized spacial score (nSPS) is 25.6. The molecule has 2 atom stereocenters. The maximum atomic E-state index is 11.9. The maximum Gasteiger partial charge on any atom is 0.321 e. The second-order valence-electron chi connectivity index (χ2n) is 7.69. The molecule has 8 nitrogen and oxygen atoms in total. The van der Waals surface area contributed by atoms with Crippen LogP contribution in [0.1, 0.15) is 49.9 Å². The number of aryl methyl sites for hydroxylation is 1. The van der Waals surface area contributed by atoms with Gasteiger partial charge in [-0.2, -0.15) is 4.68 Å². The third-order valence-electron chi connectivity index (χ3n) is 6.02. The number of β-amino-alcohol motifs (C(OH)–C–C–N with tert-alkyl or cyclic N) is 1. The molecule has 144 valence electrons. The van der Waals surface area contributed by atoms with Crippen LogP contribution in [0.4, 0.5) is 0 Å². The summed E-state index contributed by atoms with van der Waals surface area (Å²) in [4.78, 5) is 13.9. The molecule has 1 aliphatic carbocycles. The number of aliphatic carboxylic acids is 1. The summed E-state index contributed by atoms with van der Waals surface area (Å²) in [5, 5.41) is 32.6. The van der Waals surface area contributed by atoms with E-state index in [-0.39, 0.29) is 6.42 Å². The second kappa shape index (κ2) is 7.01. The fourth-order valence-corrected chi connectivity index (χ4v) is 4.74. The number of hydrogen-bond donors (Lipinski definition) is 2. The first-order chi connectivity index (χ1) is 13.0. The summed E-state index contributed by atoms with van der Waals surface area (Å²) in [7, 11) is 0. The van der Waals surface area contributed by atoms with E-state index in [2.05, 4.69) is 15.5 Å². The number of carboxylic acid groups (broad SMARTS) is 1. The lowest BCUT2D eigenvalue weighted by molar-refractivity contribution is -0.145. The van der Waals surface area contributed by atoms with Crippen LogP contribution in [0.25, 0.3) is 5.69 Å². The van der Waals surface area contributed by atoms with Gasteiger partial charge >= 0.3 is 5.97 Å². The van der Waals surface area contributed by atoms with Crippen LogP contribution in [0, 0.1) is 6.92 Å². The Balaban J connectivity index is 1.84. The molecule has 1 saturated heterocycles. The van der Waals surface area contributed by atoms with Crippen molar-refractivity contribution in [3.05, 3.63) is 35.7 Å². The molecule has 2 aliphatic rings. The molecule has 0 unspecified atom stereocenters. The highest BCUT2D eigenvalue weighted by Gasteiger charge is 2.52. The van der Waals surface area contributed by atoms with Gasteiger partial charge in [-0.15, -0.1) is 5.10 Å². The molecule has 0 radical (unpaired) electrons. The zero-order chi connectivity index (χ0) is 19.0. The highest BCUT2D eigenvalue weighted by molar-refractivity contribution is 5.74. The number of benzene rings is 1. The summed E-state index contributed by atoms with van der Waals surface area (Å²) in [6.07, 6.45) is 4.25. The molecule has 1 aromatic heterocycles. The standard InChI is InChI=1S/C19H25N5O3/c1-13-7-3-4-8-15(13)24-18(20-21-22-24)19(9-5-2-6-10-19)23-12-14(25)11-16(23)17(26)27/h3-4,7-8,14,16,25H,2,5-6,9-12H2,1H3,(H,26,27)/t14-,16-/m0/s1. The predicted molar refractivity (Wildman–Crippen MR) is 97.4 cm³/mol. The summed E-state index contributed by atoms with van der Waals surface area (Å²) >= 11 is 0. The van der Waals surface area contributed by atoms with Crippen LogP contribution in [-0.4, -0.2) is 60.0 Å². The molecule has 27 heavy (non-hydrogen) atoms. The molecule has 2 N–H and O–H groups in total. The fourth-order valence-electron chi connectivity index (χ4n) is 4.74. The molecule has 2 heterocycles. The monoisotopic (exact) mass is 371 g/mol. The molecule has 1 saturated carbocycles. The summed E-state index contributed by atoms with van der Waals surface area (Å²) in [6.45, 7) is 2.34. The summed E-state index contributed by atoms with van der Waals surface area (Å²) in [5.74, 6) is -0.219. The van der Waals surface area contributed by atoms with Crippen molar-refractivity contribution in [1.29, 1.82) is 0 Å². The lowest BCUT2D eigenvalue weighted by Gasteiger charge is -2.45. The fraction of sp³-hybridized carbons (Fsp3) is 0.579. The Morgan fingerprint density at radius 1 is 1.22 bits per heavy atom. The third kappa shape index (κ3) is 3.02. The van der Waals surface area contributed by atoms with Crippen molar-refractivity contribution in [2.45, 2.75) is 63.1 Å². The molecule has 4 rings (SSSR count). The largest absolute Gasteiger partial charge is 0.480 e. The molecule has 0 amide bonds. The lowest BCUT2D eigenvalue weighted by Crippen LogP contribution is -2.53. The Kier molecular flexibility index (Phi) is 4.69. The predicted octanol–water partition coefficient (Wildman–Crippen LogP) is 1.65. The minimum Gasteiger partial charge on any atom is -0.480 e. The van der Waals surface area contributed by atoms with E-state index in [1.54, 1.807) is 4.68 Å². The van der Waals surface area contributed by atoms with Crippen molar-refractivity contribution < 1.29 is 15.0 Å². The van der Waals surface area contributed by atoms with Gasteiger partial charge < -0.3 is 10.2 Å². The number of carbonyl (C=O) groups is 1. The number of carboxylic acids is 1. The molecule has 1 aromatic carbocycles. The van der Waals surface area contributed by atoms with Gasteiger partial charge in [-0.1, -0.05) is 37.5 Å². The van der Waals surface area contributed by atoms with Gasteiger partial charge in [-0.3, -0.25) is 9.69 Å². The van der Waals surface area contributed by atoms with Gasteiger partial charge in [0, 0.05) is 13.0 Å². The van der Waals surface area contributed by atoms with Crippen molar-refractivity contribution >= 4 is 5.97 Å². The first-order valence-electron chi connectivity index (χ1n) is 9.55. The van der Waals surface area contributed by atoms with E-state index in [1.807, 2.05) is 36.1 Å². The number of hydrogen-bond acceptors (Lipinski definition) is 6. The van der Waals surface area contributed by atoms with Crippen molar-refractivity contribution in [3.63, 3.8) is 0 Å². The zero-order valence-corrected chi connectivity index (χ0v) is 15.5. The SMILES string of the molecule is Cc1ccccc1-n1nnnc1C1(N2C[C@@H](O)C[C@H]2C(=O)O)CCCCC1. The molecular formula is C19H25N5O3. The van der Waals surface area contributed by atoms with Crippen LogP contribution in [0.5, 0.6) is 0 Å². The Bertz CT molecular complexity index is 830. The number of aliphatic hydroxyl groups is 1. The van der Waals surface area contributed by atoms with Gasteiger partial charge in [0.25, 0.3) is 0 Å². The van der Waals surface area contributed by atoms with Crippen LogP contribution in [0.3, 0.4) is 0 Å². The Morgan fingerprint density at radius 3 is 2.67 bits per heavy atom. The summed E-state index contributed by atoms with van der Waals surface area (Å²) in [6, 6.07) is 7.17. The van der Waals surface area contributed by atoms with E-state index in [0.717, 1.165) is 43.4 Å². The van der Waals surface area contributed by atoms with Gasteiger partial charge in [0.15, 0.2) is 5.82 Å². The number of rotatable bonds is 4. The molecule has 0 spiro atoms. The number of nitrogens with zero attached hydrogens (tertiary/aromatic N) is 5. The summed E-state index contributed by atoms with van der Waals surface area (Å²) < 4.78 is 1.75. The highest BCUT2D eigenvalue weighted by atomic mass is 16.4. The average Bonchev–Trinajstić information content (AvgIpc) is 3.30. The number of aliphatic hydroxyl groups excluding tert-OH is 1. The minimum atomic E-state index is -0.897. The molecule has 2 aromatic rings. The van der Waals surface area contributed by atoms with E-state index >= 15 is 0 Å². The molecular weight excluding hydrogens is 346 g/mol. The Hall–Kier alpha value is -2.32. The maximum absolute atomic E-state index is 11.9. The van der Waals surface area contributed by atoms with Gasteiger partial charge in [0.1, 0.15) is 6.04 Å². The van der Waals surface area contributed by atoms with Gasteiger partial charge in [-0.05, 0) is 41.8 Å². The Morgan fingerprint density at radius 2 is 1.96 bits per heavy atom. The van der Waals surface area contributed by atoms with Crippen LogP contribution in [0.15, 0.2) is 24.3 Å². The van der Waals surface area contributed by atoms with Crippen molar-refractivity contribution in [1.82, 2.24) is 25.1 Å². The average molecular weight is 371 g/mol. The van der Waals surface area contributed by atoms with Crippen LogP contribution < -0.4 is 0 Å². The smallest absolute Gasteiger partial charge is 0.321 e. The quantitative estimate of drug-likeness (QED) is 0.842. The zero-order valence-electron chi connectivity index (χ0n) is 15.5. The third-order valence-corrected chi connectivity index (χ3v) is 6.02. The second-order valence-corrected chi connectivity index (χ2v) is 7.69. The van der Waals surface area contributed by atoms with Gasteiger partial charge in [0.2, 0.25) is 0 Å². The number of tetrazole rings is 1. The lowest BCUT2D eigenvalue weighted by atomic mass is 9.79. The van der Waals surface area contributed by atoms with Crippen LogP contribution >= 0.6 is 0 Å². The van der Waals surface area contributed by atoms with E-state index in [4.69, 9.17) is 0 Å². The van der Waals surface area contributed by atoms with Gasteiger partial charge in [-0.25, -0.2) is 0 Å². The highest BCUT2D eigenvalue weighted by Crippen LogP contribution is 2.45. The first kappa shape index (κ1) is 18.1. The summed E-state index contributed by atoms with van der Waals surface area (Å²) in [5.41, 5.74) is 1.37. The Labute approximate surface area is 157 Å². The molecule has 2 fully saturated rings. The molecule has 1 aliphatic heterocycles. The number of likely N-dealkylation sites (tertiary alicyclic amines) is 1. The minimum absolute atomic E-state index is 0.239. The molecule has 8 heteroatoms. The topological polar surface area (TPSA) is 104 Å². The van der Waals surface area contributed by atoms with Crippen molar-refractivity contribution in [3.8, 4) is 5.69 Å².